The van der Waals surface area contributed by atoms with E-state index in [-0.39, 0.29) is 17.5 Å². The van der Waals surface area contributed by atoms with Crippen LogP contribution < -0.4 is 11.1 Å². The van der Waals surface area contributed by atoms with Gasteiger partial charge in [0.05, 0.1) is 12.2 Å². The Balaban J connectivity index is 1.92. The topological polar surface area (TPSA) is 72.9 Å². The summed E-state index contributed by atoms with van der Waals surface area (Å²) < 4.78 is 1.82. The molecular weight excluding hydrogens is 252 g/mol. The summed E-state index contributed by atoms with van der Waals surface area (Å²) in [5.74, 6) is 0.0464. The van der Waals surface area contributed by atoms with Crippen LogP contribution in [0.1, 0.15) is 62.7 Å². The smallest absolute Gasteiger partial charge is 0.222 e. The fourth-order valence-corrected chi connectivity index (χ4v) is 3.06. The van der Waals surface area contributed by atoms with Gasteiger partial charge in [0.25, 0.3) is 0 Å². The second-order valence-electron chi connectivity index (χ2n) is 6.20. The van der Waals surface area contributed by atoms with Crippen molar-refractivity contribution in [1.82, 2.24) is 15.1 Å². The number of hydrogen-bond donors (Lipinski definition) is 2. The van der Waals surface area contributed by atoms with Gasteiger partial charge in [0, 0.05) is 30.3 Å². The average molecular weight is 278 g/mol. The van der Waals surface area contributed by atoms with Crippen LogP contribution in [-0.2, 0) is 11.8 Å². The van der Waals surface area contributed by atoms with Crippen molar-refractivity contribution in [2.45, 2.75) is 64.0 Å². The molecule has 1 aliphatic carbocycles. The van der Waals surface area contributed by atoms with E-state index < -0.39 is 0 Å². The van der Waals surface area contributed by atoms with E-state index in [0.717, 1.165) is 36.9 Å². The number of carbonyl (C=O) groups excluding carboxylic acids is 1. The zero-order valence-corrected chi connectivity index (χ0v) is 12.8. The van der Waals surface area contributed by atoms with Crippen molar-refractivity contribution in [2.75, 3.05) is 0 Å². The fourth-order valence-electron chi connectivity index (χ4n) is 3.06. The van der Waals surface area contributed by atoms with Gasteiger partial charge in [-0.3, -0.25) is 9.48 Å². The molecule has 0 radical (unpaired) electrons. The molecule has 1 unspecified atom stereocenters. The maximum atomic E-state index is 12.2. The number of nitrogens with zero attached hydrogens (tertiary/aromatic N) is 2. The van der Waals surface area contributed by atoms with Crippen LogP contribution in [0.5, 0.6) is 0 Å². The normalized spacial score (nSPS) is 19.6. The van der Waals surface area contributed by atoms with Crippen molar-refractivity contribution in [1.29, 1.82) is 0 Å². The molecule has 0 saturated heterocycles. The maximum absolute atomic E-state index is 12.2. The molecule has 112 valence electrons. The SMILES string of the molecule is Cc1c(C(C)NC(=O)CC2(N)CCCCC2)cnn1C. The molecule has 3 N–H and O–H groups in total. The van der Waals surface area contributed by atoms with E-state index in [9.17, 15) is 4.79 Å². The van der Waals surface area contributed by atoms with E-state index in [4.69, 9.17) is 5.73 Å². The summed E-state index contributed by atoms with van der Waals surface area (Å²) in [6, 6.07) is -0.0246. The number of aromatic nitrogens is 2. The lowest BCUT2D eigenvalue weighted by atomic mass is 9.80. The Morgan fingerprint density at radius 1 is 1.50 bits per heavy atom. The Kier molecular flexibility index (Phi) is 4.48. The molecule has 1 fully saturated rings. The lowest BCUT2D eigenvalue weighted by molar-refractivity contribution is -0.123. The minimum atomic E-state index is -0.300. The van der Waals surface area contributed by atoms with Crippen LogP contribution in [0.25, 0.3) is 0 Å². The molecule has 1 amide bonds. The van der Waals surface area contributed by atoms with Crippen LogP contribution in [0.4, 0.5) is 0 Å². The predicted molar refractivity (Wildman–Crippen MR) is 79.1 cm³/mol. The van der Waals surface area contributed by atoms with Gasteiger partial charge in [0.15, 0.2) is 0 Å². The highest BCUT2D eigenvalue weighted by Gasteiger charge is 2.30. The first-order valence-corrected chi connectivity index (χ1v) is 7.48. The number of nitrogens with two attached hydrogens (primary N) is 1. The molecule has 1 heterocycles. The van der Waals surface area contributed by atoms with Crippen LogP contribution in [0, 0.1) is 6.92 Å². The summed E-state index contributed by atoms with van der Waals surface area (Å²) in [6.45, 7) is 4.00. The highest BCUT2D eigenvalue weighted by Crippen LogP contribution is 2.29. The molecule has 5 nitrogen and oxygen atoms in total. The lowest BCUT2D eigenvalue weighted by Gasteiger charge is -2.33. The molecule has 0 spiro atoms. The number of hydrogen-bond acceptors (Lipinski definition) is 3. The minimum absolute atomic E-state index is 0.0246. The van der Waals surface area contributed by atoms with Crippen LogP contribution in [0.15, 0.2) is 6.20 Å². The summed E-state index contributed by atoms with van der Waals surface area (Å²) in [5, 5.41) is 7.27. The van der Waals surface area contributed by atoms with E-state index in [1.807, 2.05) is 31.8 Å². The van der Waals surface area contributed by atoms with Crippen LogP contribution in [0.2, 0.25) is 0 Å². The van der Waals surface area contributed by atoms with Gasteiger partial charge in [-0.15, -0.1) is 0 Å². The molecule has 20 heavy (non-hydrogen) atoms. The maximum Gasteiger partial charge on any atom is 0.222 e. The number of rotatable bonds is 4. The number of amides is 1. The molecule has 0 bridgehead atoms. The van der Waals surface area contributed by atoms with Crippen LogP contribution >= 0.6 is 0 Å². The van der Waals surface area contributed by atoms with Gasteiger partial charge in [0.2, 0.25) is 5.91 Å². The molecular formula is C15H26N4O. The third-order valence-electron chi connectivity index (χ3n) is 4.48. The summed E-state index contributed by atoms with van der Waals surface area (Å²) >= 11 is 0. The Bertz CT molecular complexity index is 474. The predicted octanol–water partition coefficient (Wildman–Crippen LogP) is 1.96. The Labute approximate surface area is 120 Å². The molecule has 1 saturated carbocycles. The van der Waals surface area contributed by atoms with Crippen molar-refractivity contribution in [3.8, 4) is 0 Å². The molecule has 0 aromatic carbocycles. The highest BCUT2D eigenvalue weighted by molar-refractivity contribution is 5.77. The van der Waals surface area contributed by atoms with Gasteiger partial charge in [-0.2, -0.15) is 5.10 Å². The van der Waals surface area contributed by atoms with Crippen LogP contribution in [0.3, 0.4) is 0 Å². The van der Waals surface area contributed by atoms with Gasteiger partial charge in [-0.05, 0) is 26.7 Å². The Morgan fingerprint density at radius 2 is 2.15 bits per heavy atom. The zero-order valence-electron chi connectivity index (χ0n) is 12.8. The zero-order chi connectivity index (χ0) is 14.8. The van der Waals surface area contributed by atoms with Crippen molar-refractivity contribution in [2.24, 2.45) is 12.8 Å². The molecule has 2 rings (SSSR count). The summed E-state index contributed by atoms with van der Waals surface area (Å²) in [7, 11) is 1.91. The van der Waals surface area contributed by atoms with E-state index >= 15 is 0 Å². The Morgan fingerprint density at radius 3 is 2.70 bits per heavy atom. The molecule has 1 aromatic rings. The highest BCUT2D eigenvalue weighted by atomic mass is 16.1. The first-order chi connectivity index (χ1) is 9.41. The molecule has 5 heteroatoms. The van der Waals surface area contributed by atoms with Crippen molar-refractivity contribution in [3.63, 3.8) is 0 Å². The minimum Gasteiger partial charge on any atom is -0.349 e. The van der Waals surface area contributed by atoms with Crippen molar-refractivity contribution < 1.29 is 4.79 Å². The number of nitrogens with one attached hydrogen (secondary N) is 1. The first-order valence-electron chi connectivity index (χ1n) is 7.48. The summed E-state index contributed by atoms with van der Waals surface area (Å²) in [4.78, 5) is 12.2. The molecule has 0 aliphatic heterocycles. The van der Waals surface area contributed by atoms with Crippen LogP contribution in [-0.4, -0.2) is 21.2 Å². The first kappa shape index (κ1) is 15.0. The number of aryl methyl sites for hydroxylation is 1. The fraction of sp³-hybridized carbons (Fsp3) is 0.733. The second kappa shape index (κ2) is 5.95. The molecule has 1 atom stereocenters. The van der Waals surface area contributed by atoms with Gasteiger partial charge in [-0.25, -0.2) is 0 Å². The summed E-state index contributed by atoms with van der Waals surface area (Å²) in [6.07, 6.45) is 7.69. The van der Waals surface area contributed by atoms with E-state index in [1.165, 1.54) is 6.42 Å². The standard InChI is InChI=1S/C15H26N4O/c1-11(13-10-17-19(3)12(13)2)18-14(20)9-15(16)7-5-4-6-8-15/h10-11H,4-9,16H2,1-3H3,(H,18,20). The quantitative estimate of drug-likeness (QED) is 0.884. The third kappa shape index (κ3) is 3.39. The van der Waals surface area contributed by atoms with Gasteiger partial charge in [-0.1, -0.05) is 19.3 Å². The lowest BCUT2D eigenvalue weighted by Crippen LogP contribution is -2.46. The van der Waals surface area contributed by atoms with E-state index in [1.54, 1.807) is 0 Å². The van der Waals surface area contributed by atoms with E-state index in [2.05, 4.69) is 10.4 Å². The number of carbonyl (C=O) groups is 1. The van der Waals surface area contributed by atoms with Gasteiger partial charge >= 0.3 is 0 Å². The third-order valence-corrected chi connectivity index (χ3v) is 4.48. The Hall–Kier alpha value is -1.36. The van der Waals surface area contributed by atoms with E-state index in [0.29, 0.717) is 6.42 Å². The summed E-state index contributed by atoms with van der Waals surface area (Å²) in [5.41, 5.74) is 8.18. The second-order valence-corrected chi connectivity index (χ2v) is 6.20. The van der Waals surface area contributed by atoms with Gasteiger partial charge < -0.3 is 11.1 Å². The monoisotopic (exact) mass is 278 g/mol. The molecule has 1 aromatic heterocycles. The van der Waals surface area contributed by atoms with Crippen molar-refractivity contribution in [3.05, 3.63) is 17.5 Å². The van der Waals surface area contributed by atoms with Crippen molar-refractivity contribution >= 4 is 5.91 Å². The molecule has 1 aliphatic rings. The average Bonchev–Trinajstić information content (AvgIpc) is 2.70. The van der Waals surface area contributed by atoms with Gasteiger partial charge in [0.1, 0.15) is 0 Å². The largest absolute Gasteiger partial charge is 0.349 e.